The SMILES string of the molecule is CCCn1c(=O)c2cc(Cl)ccc2n2c(SCC(=O)Nc3ccc(C)cc3)nnc12. The molecule has 1 N–H and O–H groups in total. The zero-order valence-corrected chi connectivity index (χ0v) is 18.1. The van der Waals surface area contributed by atoms with Crippen LogP contribution in [-0.2, 0) is 11.3 Å². The van der Waals surface area contributed by atoms with E-state index in [4.69, 9.17) is 11.6 Å². The molecule has 9 heteroatoms. The number of aromatic nitrogens is 4. The van der Waals surface area contributed by atoms with Gasteiger partial charge in [0.1, 0.15) is 0 Å². The smallest absolute Gasteiger partial charge is 0.262 e. The average Bonchev–Trinajstić information content (AvgIpc) is 3.15. The largest absolute Gasteiger partial charge is 0.325 e. The number of carbonyl (C=O) groups is 1. The summed E-state index contributed by atoms with van der Waals surface area (Å²) in [5, 5.41) is 12.9. The first-order chi connectivity index (χ1) is 14.5. The maximum absolute atomic E-state index is 12.9. The van der Waals surface area contributed by atoms with Crippen LogP contribution in [0.2, 0.25) is 5.02 Å². The third-order valence-electron chi connectivity index (χ3n) is 4.65. The fourth-order valence-electron chi connectivity index (χ4n) is 3.24. The van der Waals surface area contributed by atoms with Crippen LogP contribution in [0.5, 0.6) is 0 Å². The number of benzene rings is 2. The standard InChI is InChI=1S/C21H20ClN5O2S/c1-3-10-26-19(29)16-11-14(22)6-9-17(16)27-20(26)24-25-21(27)30-12-18(28)23-15-7-4-13(2)5-8-15/h4-9,11H,3,10,12H2,1-2H3,(H,23,28). The predicted molar refractivity (Wildman–Crippen MR) is 121 cm³/mol. The zero-order valence-electron chi connectivity index (χ0n) is 16.6. The molecule has 1 amide bonds. The summed E-state index contributed by atoms with van der Waals surface area (Å²) in [6, 6.07) is 12.8. The van der Waals surface area contributed by atoms with Crippen LogP contribution >= 0.6 is 23.4 Å². The fourth-order valence-corrected chi connectivity index (χ4v) is 4.15. The van der Waals surface area contributed by atoms with Crippen LogP contribution in [-0.4, -0.2) is 30.8 Å². The first-order valence-corrected chi connectivity index (χ1v) is 10.9. The molecule has 0 saturated heterocycles. The molecule has 0 aliphatic carbocycles. The highest BCUT2D eigenvalue weighted by Gasteiger charge is 2.17. The summed E-state index contributed by atoms with van der Waals surface area (Å²) >= 11 is 7.40. The molecule has 0 aliphatic rings. The van der Waals surface area contributed by atoms with E-state index in [9.17, 15) is 9.59 Å². The van der Waals surface area contributed by atoms with Crippen LogP contribution in [0.25, 0.3) is 16.7 Å². The number of thioether (sulfide) groups is 1. The van der Waals surface area contributed by atoms with Crippen molar-refractivity contribution >= 4 is 51.6 Å². The number of aryl methyl sites for hydroxylation is 2. The highest BCUT2D eigenvalue weighted by molar-refractivity contribution is 7.99. The molecule has 0 fully saturated rings. The van der Waals surface area contributed by atoms with E-state index in [1.807, 2.05) is 42.5 Å². The van der Waals surface area contributed by atoms with Crippen molar-refractivity contribution in [2.45, 2.75) is 32.0 Å². The molecule has 2 aromatic heterocycles. The maximum atomic E-state index is 12.9. The number of rotatable bonds is 6. The van der Waals surface area contributed by atoms with Crippen LogP contribution in [0.1, 0.15) is 18.9 Å². The van der Waals surface area contributed by atoms with Gasteiger partial charge in [0.15, 0.2) is 5.16 Å². The van der Waals surface area contributed by atoms with Gasteiger partial charge in [-0.1, -0.05) is 48.0 Å². The Morgan fingerprint density at radius 1 is 1.17 bits per heavy atom. The van der Waals surface area contributed by atoms with Crippen molar-refractivity contribution < 1.29 is 4.79 Å². The van der Waals surface area contributed by atoms with Gasteiger partial charge in [0.25, 0.3) is 5.56 Å². The normalized spacial score (nSPS) is 11.3. The summed E-state index contributed by atoms with van der Waals surface area (Å²) in [6.45, 7) is 4.50. The maximum Gasteiger partial charge on any atom is 0.262 e. The molecule has 0 unspecified atom stereocenters. The summed E-state index contributed by atoms with van der Waals surface area (Å²) in [5.41, 5.74) is 2.39. The monoisotopic (exact) mass is 441 g/mol. The summed E-state index contributed by atoms with van der Waals surface area (Å²) in [7, 11) is 0. The minimum absolute atomic E-state index is 0.144. The van der Waals surface area contributed by atoms with Gasteiger partial charge < -0.3 is 5.32 Å². The second-order valence-corrected chi connectivity index (χ2v) is 8.32. The van der Waals surface area contributed by atoms with Crippen molar-refractivity contribution in [2.24, 2.45) is 0 Å². The molecular formula is C21H20ClN5O2S. The molecule has 4 rings (SSSR count). The number of anilines is 1. The van der Waals surface area contributed by atoms with Crippen LogP contribution in [0, 0.1) is 6.92 Å². The van der Waals surface area contributed by atoms with Crippen molar-refractivity contribution in [1.82, 2.24) is 19.2 Å². The van der Waals surface area contributed by atoms with E-state index in [-0.39, 0.29) is 17.2 Å². The van der Waals surface area contributed by atoms with Gasteiger partial charge in [-0.25, -0.2) is 0 Å². The lowest BCUT2D eigenvalue weighted by Gasteiger charge is -2.11. The molecule has 0 atom stereocenters. The van der Waals surface area contributed by atoms with E-state index < -0.39 is 0 Å². The number of fused-ring (bicyclic) bond motifs is 3. The molecule has 0 spiro atoms. The Bertz CT molecular complexity index is 1300. The number of carbonyl (C=O) groups excluding carboxylic acids is 1. The van der Waals surface area contributed by atoms with Gasteiger partial charge in [0, 0.05) is 17.3 Å². The van der Waals surface area contributed by atoms with E-state index in [0.29, 0.717) is 33.4 Å². The topological polar surface area (TPSA) is 81.3 Å². The Hall–Kier alpha value is -2.84. The summed E-state index contributed by atoms with van der Waals surface area (Å²) in [6.07, 6.45) is 0.774. The lowest BCUT2D eigenvalue weighted by atomic mass is 10.2. The van der Waals surface area contributed by atoms with Crippen molar-refractivity contribution in [3.8, 4) is 0 Å². The molecule has 0 radical (unpaired) electrons. The van der Waals surface area contributed by atoms with E-state index in [1.165, 1.54) is 11.8 Å². The number of amides is 1. The van der Waals surface area contributed by atoms with Gasteiger partial charge in [0.2, 0.25) is 11.7 Å². The summed E-state index contributed by atoms with van der Waals surface area (Å²) < 4.78 is 3.41. The molecule has 0 aliphatic heterocycles. The Labute approximate surface area is 182 Å². The molecule has 2 heterocycles. The van der Waals surface area contributed by atoms with Crippen LogP contribution in [0.4, 0.5) is 5.69 Å². The summed E-state index contributed by atoms with van der Waals surface area (Å²) in [5.74, 6) is 0.476. The average molecular weight is 442 g/mol. The van der Waals surface area contributed by atoms with E-state index in [2.05, 4.69) is 15.5 Å². The van der Waals surface area contributed by atoms with Gasteiger partial charge >= 0.3 is 0 Å². The first kappa shape index (κ1) is 20.4. The zero-order chi connectivity index (χ0) is 21.3. The van der Waals surface area contributed by atoms with E-state index in [0.717, 1.165) is 17.7 Å². The molecule has 2 aromatic carbocycles. The lowest BCUT2D eigenvalue weighted by Crippen LogP contribution is -2.23. The number of halogens is 1. The predicted octanol–water partition coefficient (Wildman–Crippen LogP) is 4.15. The Morgan fingerprint density at radius 2 is 1.93 bits per heavy atom. The van der Waals surface area contributed by atoms with E-state index >= 15 is 0 Å². The highest BCUT2D eigenvalue weighted by Crippen LogP contribution is 2.24. The number of hydrogen-bond acceptors (Lipinski definition) is 5. The van der Waals surface area contributed by atoms with Crippen molar-refractivity contribution in [2.75, 3.05) is 11.1 Å². The summed E-state index contributed by atoms with van der Waals surface area (Å²) in [4.78, 5) is 25.3. The molecule has 4 aromatic rings. The molecule has 7 nitrogen and oxygen atoms in total. The Balaban J connectivity index is 1.68. The van der Waals surface area contributed by atoms with Crippen molar-refractivity contribution in [3.63, 3.8) is 0 Å². The number of hydrogen-bond donors (Lipinski definition) is 1. The number of nitrogens with zero attached hydrogens (tertiary/aromatic N) is 4. The molecular weight excluding hydrogens is 422 g/mol. The molecule has 0 saturated carbocycles. The third kappa shape index (κ3) is 3.93. The fraction of sp³-hybridized carbons (Fsp3) is 0.238. The van der Waals surface area contributed by atoms with Crippen LogP contribution in [0.15, 0.2) is 52.4 Å². The minimum Gasteiger partial charge on any atom is -0.325 e. The third-order valence-corrected chi connectivity index (χ3v) is 5.81. The number of nitrogens with one attached hydrogen (secondary N) is 1. The van der Waals surface area contributed by atoms with Gasteiger partial charge in [0.05, 0.1) is 16.7 Å². The van der Waals surface area contributed by atoms with E-state index in [1.54, 1.807) is 22.8 Å². The second kappa shape index (κ2) is 8.49. The molecule has 154 valence electrons. The van der Waals surface area contributed by atoms with Crippen LogP contribution in [0.3, 0.4) is 0 Å². The minimum atomic E-state index is -0.150. The van der Waals surface area contributed by atoms with Crippen molar-refractivity contribution in [1.29, 1.82) is 0 Å². The Morgan fingerprint density at radius 3 is 2.67 bits per heavy atom. The van der Waals surface area contributed by atoms with Gasteiger partial charge in [-0.2, -0.15) is 0 Å². The van der Waals surface area contributed by atoms with Crippen LogP contribution < -0.4 is 10.9 Å². The quantitative estimate of drug-likeness (QED) is 0.454. The molecule has 0 bridgehead atoms. The first-order valence-electron chi connectivity index (χ1n) is 9.54. The second-order valence-electron chi connectivity index (χ2n) is 6.94. The molecule has 30 heavy (non-hydrogen) atoms. The van der Waals surface area contributed by atoms with Gasteiger partial charge in [-0.15, -0.1) is 10.2 Å². The lowest BCUT2D eigenvalue weighted by molar-refractivity contribution is -0.113. The van der Waals surface area contributed by atoms with Crippen molar-refractivity contribution in [3.05, 3.63) is 63.4 Å². The highest BCUT2D eigenvalue weighted by atomic mass is 35.5. The van der Waals surface area contributed by atoms with Gasteiger partial charge in [-0.3, -0.25) is 18.6 Å². The van der Waals surface area contributed by atoms with Gasteiger partial charge in [-0.05, 0) is 43.7 Å². The Kier molecular flexibility index (Phi) is 5.78.